The maximum absolute atomic E-state index is 12.9. The number of hydrogen-bond donors (Lipinski definition) is 2. The van der Waals surface area contributed by atoms with Gasteiger partial charge in [0.05, 0.1) is 19.0 Å². The van der Waals surface area contributed by atoms with E-state index in [1.807, 2.05) is 39.0 Å². The molecular formula is C28H41N5O5. The van der Waals surface area contributed by atoms with Gasteiger partial charge in [0.15, 0.2) is 6.23 Å². The van der Waals surface area contributed by atoms with Crippen molar-refractivity contribution in [2.24, 2.45) is 0 Å². The van der Waals surface area contributed by atoms with Gasteiger partial charge in [-0.2, -0.15) is 5.10 Å². The van der Waals surface area contributed by atoms with Gasteiger partial charge in [0.25, 0.3) is 0 Å². The van der Waals surface area contributed by atoms with Gasteiger partial charge in [-0.25, -0.2) is 4.79 Å². The summed E-state index contributed by atoms with van der Waals surface area (Å²) in [4.78, 5) is 27.5. The molecule has 1 atom stereocenters. The lowest BCUT2D eigenvalue weighted by atomic mass is 9.94. The Morgan fingerprint density at radius 2 is 1.97 bits per heavy atom. The number of methoxy groups -OCH3 is 1. The average molecular weight is 528 g/mol. The van der Waals surface area contributed by atoms with Crippen LogP contribution in [0.2, 0.25) is 0 Å². The molecule has 208 valence electrons. The minimum Gasteiger partial charge on any atom is -0.497 e. The van der Waals surface area contributed by atoms with Crippen LogP contribution in [-0.4, -0.2) is 72.1 Å². The van der Waals surface area contributed by atoms with E-state index in [4.69, 9.17) is 14.2 Å². The van der Waals surface area contributed by atoms with Crippen molar-refractivity contribution in [2.75, 3.05) is 39.2 Å². The smallest absolute Gasteiger partial charge is 0.332 e. The van der Waals surface area contributed by atoms with Crippen LogP contribution in [0.5, 0.6) is 5.75 Å². The first-order chi connectivity index (χ1) is 18.1. The zero-order chi connectivity index (χ0) is 27.3. The van der Waals surface area contributed by atoms with Gasteiger partial charge in [0.2, 0.25) is 5.91 Å². The monoisotopic (exact) mass is 527 g/mol. The van der Waals surface area contributed by atoms with Crippen LogP contribution in [0.15, 0.2) is 24.4 Å². The third kappa shape index (κ3) is 7.05. The van der Waals surface area contributed by atoms with E-state index >= 15 is 0 Å². The van der Waals surface area contributed by atoms with Crippen molar-refractivity contribution in [1.82, 2.24) is 20.0 Å². The highest BCUT2D eigenvalue weighted by atomic mass is 16.6. The molecule has 4 rings (SSSR count). The molecule has 0 spiro atoms. The highest BCUT2D eigenvalue weighted by molar-refractivity contribution is 5.84. The number of nitrogens with one attached hydrogen (secondary N) is 2. The largest absolute Gasteiger partial charge is 0.497 e. The first kappa shape index (κ1) is 27.9. The van der Waals surface area contributed by atoms with E-state index in [0.717, 1.165) is 29.1 Å². The number of hydrogen-bond acceptors (Lipinski definition) is 8. The lowest BCUT2D eigenvalue weighted by molar-refractivity contribution is -0.161. The van der Waals surface area contributed by atoms with Crippen molar-refractivity contribution in [1.29, 1.82) is 0 Å². The van der Waals surface area contributed by atoms with E-state index in [1.54, 1.807) is 18.0 Å². The highest BCUT2D eigenvalue weighted by Crippen LogP contribution is 2.42. The van der Waals surface area contributed by atoms with Gasteiger partial charge in [0, 0.05) is 35.9 Å². The zero-order valence-corrected chi connectivity index (χ0v) is 23.2. The number of nitrogens with zero attached hydrogens (tertiary/aromatic N) is 3. The van der Waals surface area contributed by atoms with E-state index in [9.17, 15) is 9.59 Å². The molecule has 1 saturated carbocycles. The van der Waals surface area contributed by atoms with Gasteiger partial charge in [0.1, 0.15) is 24.5 Å². The van der Waals surface area contributed by atoms with Crippen LogP contribution in [-0.2, 0) is 25.6 Å². The Balaban J connectivity index is 1.44. The number of esters is 1. The van der Waals surface area contributed by atoms with Gasteiger partial charge in [-0.3, -0.25) is 9.48 Å². The Hall–Kier alpha value is -3.11. The van der Waals surface area contributed by atoms with Gasteiger partial charge < -0.3 is 29.7 Å². The zero-order valence-electron chi connectivity index (χ0n) is 23.2. The summed E-state index contributed by atoms with van der Waals surface area (Å²) in [5.41, 5.74) is 2.53. The lowest BCUT2D eigenvalue weighted by Crippen LogP contribution is -2.40. The van der Waals surface area contributed by atoms with Gasteiger partial charge in [-0.15, -0.1) is 0 Å². The Morgan fingerprint density at radius 1 is 1.21 bits per heavy atom. The van der Waals surface area contributed by atoms with Crippen molar-refractivity contribution in [3.05, 3.63) is 30.0 Å². The SMILES string of the molecule is COc1ccc2c(c1)-c1c(cnn1CC(=O)NCCN(C)C1CCCCC1)C(OCC(=O)OC(C)(C)C)N2. The molecule has 1 aliphatic heterocycles. The van der Waals surface area contributed by atoms with E-state index in [1.165, 1.54) is 32.1 Å². The summed E-state index contributed by atoms with van der Waals surface area (Å²) in [7, 11) is 3.75. The number of carbonyl (C=O) groups excluding carboxylic acids is 2. The summed E-state index contributed by atoms with van der Waals surface area (Å²) in [6, 6.07) is 6.24. The minimum absolute atomic E-state index is 0.0674. The molecule has 2 aliphatic rings. The van der Waals surface area contributed by atoms with E-state index in [-0.39, 0.29) is 19.1 Å². The first-order valence-electron chi connectivity index (χ1n) is 13.5. The number of ether oxygens (including phenoxy) is 3. The second kappa shape index (κ2) is 12.2. The highest BCUT2D eigenvalue weighted by Gasteiger charge is 2.31. The van der Waals surface area contributed by atoms with Crippen molar-refractivity contribution in [3.63, 3.8) is 0 Å². The topological polar surface area (TPSA) is 107 Å². The number of anilines is 1. The third-order valence-corrected chi connectivity index (χ3v) is 6.98. The molecule has 1 unspecified atom stereocenters. The standard InChI is InChI=1S/C28H41N5O5/c1-28(2,3)38-25(35)18-37-27-22-16-30-33(26(22)21-15-20(36-5)11-12-23(21)31-27)17-24(34)29-13-14-32(4)19-9-7-6-8-10-19/h11-12,15-16,19,27,31H,6-10,13-14,17-18H2,1-5H3,(H,29,34). The van der Waals surface area contributed by atoms with Crippen molar-refractivity contribution < 1.29 is 23.8 Å². The fourth-order valence-corrected chi connectivity index (χ4v) is 5.12. The number of aromatic nitrogens is 2. The molecule has 38 heavy (non-hydrogen) atoms. The van der Waals surface area contributed by atoms with E-state index < -0.39 is 17.8 Å². The fourth-order valence-electron chi connectivity index (χ4n) is 5.12. The van der Waals surface area contributed by atoms with Crippen molar-refractivity contribution in [2.45, 2.75) is 77.3 Å². The van der Waals surface area contributed by atoms with Crippen LogP contribution in [0, 0.1) is 0 Å². The molecule has 10 heteroatoms. The maximum atomic E-state index is 12.9. The van der Waals surface area contributed by atoms with Crippen LogP contribution < -0.4 is 15.4 Å². The molecule has 2 aromatic rings. The van der Waals surface area contributed by atoms with Gasteiger partial charge in [-0.1, -0.05) is 19.3 Å². The molecule has 0 radical (unpaired) electrons. The average Bonchev–Trinajstić information content (AvgIpc) is 3.30. The Bertz CT molecular complexity index is 1120. The van der Waals surface area contributed by atoms with Crippen LogP contribution in [0.4, 0.5) is 5.69 Å². The summed E-state index contributed by atoms with van der Waals surface area (Å²) in [5.74, 6) is 0.126. The summed E-state index contributed by atoms with van der Waals surface area (Å²) in [6.45, 7) is 6.69. The molecule has 10 nitrogen and oxygen atoms in total. The second-order valence-electron chi connectivity index (χ2n) is 11.1. The van der Waals surface area contributed by atoms with E-state index in [2.05, 4.69) is 27.7 Å². The predicted molar refractivity (Wildman–Crippen MR) is 145 cm³/mol. The second-order valence-corrected chi connectivity index (χ2v) is 11.1. The van der Waals surface area contributed by atoms with Crippen LogP contribution >= 0.6 is 0 Å². The number of benzene rings is 1. The van der Waals surface area contributed by atoms with Crippen LogP contribution in [0.25, 0.3) is 11.3 Å². The summed E-state index contributed by atoms with van der Waals surface area (Å²) in [5, 5.41) is 10.9. The number of rotatable bonds is 10. The molecule has 1 aromatic carbocycles. The normalized spacial score (nSPS) is 17.4. The Labute approximate surface area is 225 Å². The Kier molecular flexibility index (Phi) is 8.94. The molecule has 1 fully saturated rings. The molecule has 0 saturated heterocycles. The van der Waals surface area contributed by atoms with E-state index in [0.29, 0.717) is 18.3 Å². The summed E-state index contributed by atoms with van der Waals surface area (Å²) < 4.78 is 18.4. The first-order valence-corrected chi connectivity index (χ1v) is 13.5. The molecule has 2 heterocycles. The number of likely N-dealkylation sites (N-methyl/N-ethyl adjacent to an activating group) is 1. The molecule has 1 aliphatic carbocycles. The summed E-state index contributed by atoms with van der Waals surface area (Å²) >= 11 is 0. The molecule has 2 N–H and O–H groups in total. The van der Waals surface area contributed by atoms with Crippen molar-refractivity contribution >= 4 is 17.6 Å². The number of fused-ring (bicyclic) bond motifs is 3. The third-order valence-electron chi connectivity index (χ3n) is 6.98. The minimum atomic E-state index is -0.626. The van der Waals surface area contributed by atoms with Crippen LogP contribution in [0.1, 0.15) is 64.7 Å². The maximum Gasteiger partial charge on any atom is 0.332 e. The quantitative estimate of drug-likeness (QED) is 0.450. The number of amides is 1. The fraction of sp³-hybridized carbons (Fsp3) is 0.607. The molecular weight excluding hydrogens is 486 g/mol. The lowest BCUT2D eigenvalue weighted by Gasteiger charge is -2.31. The molecule has 0 bridgehead atoms. The predicted octanol–water partition coefficient (Wildman–Crippen LogP) is 3.72. The Morgan fingerprint density at radius 3 is 2.68 bits per heavy atom. The molecule has 1 amide bonds. The van der Waals surface area contributed by atoms with Gasteiger partial charge >= 0.3 is 5.97 Å². The van der Waals surface area contributed by atoms with Gasteiger partial charge in [-0.05, 0) is 58.9 Å². The summed E-state index contributed by atoms with van der Waals surface area (Å²) in [6.07, 6.45) is 7.42. The molecule has 1 aromatic heterocycles. The van der Waals surface area contributed by atoms with Crippen molar-refractivity contribution in [3.8, 4) is 17.0 Å². The van der Waals surface area contributed by atoms with Crippen LogP contribution in [0.3, 0.4) is 0 Å². The number of carbonyl (C=O) groups is 2.